The van der Waals surface area contributed by atoms with Crippen molar-refractivity contribution in [2.75, 3.05) is 6.61 Å². The Morgan fingerprint density at radius 1 is 0.656 bits per heavy atom. The van der Waals surface area contributed by atoms with Crippen LogP contribution < -0.4 is 0 Å². The molecule has 334 valence electrons. The van der Waals surface area contributed by atoms with Gasteiger partial charge in [0.25, 0.3) is 0 Å². The van der Waals surface area contributed by atoms with Gasteiger partial charge >= 0.3 is 30.2 Å². The molecule has 0 unspecified atom stereocenters. The van der Waals surface area contributed by atoms with Crippen molar-refractivity contribution < 1.29 is 28.1 Å². The van der Waals surface area contributed by atoms with Crippen LogP contribution in [0.25, 0.3) is 43.8 Å². The second-order valence-electron chi connectivity index (χ2n) is 19.1. The van der Waals surface area contributed by atoms with Crippen LogP contribution in [-0.2, 0) is 45.3 Å². The molecule has 0 aliphatic rings. The Bertz CT molecular complexity index is 2120. The van der Waals surface area contributed by atoms with Gasteiger partial charge in [0.15, 0.2) is 0 Å². The molecule has 0 aliphatic heterocycles. The van der Waals surface area contributed by atoms with E-state index in [1.165, 1.54) is 114 Å². The molecule has 6 aromatic carbocycles. The second-order valence-corrected chi connectivity index (χ2v) is 19.1. The van der Waals surface area contributed by atoms with E-state index in [-0.39, 0.29) is 48.7 Å². The first kappa shape index (κ1) is 58.7. The number of halogens is 2. The monoisotopic (exact) mass is 954 g/mol. The van der Waals surface area contributed by atoms with Crippen molar-refractivity contribution in [2.24, 2.45) is 0 Å². The Morgan fingerprint density at radius 3 is 1.59 bits per heavy atom. The number of hydrogen-bond acceptors (Lipinski definition) is 1. The molecule has 0 saturated heterocycles. The van der Waals surface area contributed by atoms with Crippen LogP contribution in [0, 0.1) is 21.3 Å². The molecule has 0 heterocycles. The number of rotatable bonds is 10. The van der Waals surface area contributed by atoms with Crippen molar-refractivity contribution >= 4 is 53.2 Å². The number of unbranched alkanes of at least 4 members (excludes halogenated alkanes) is 3. The van der Waals surface area contributed by atoms with Crippen LogP contribution in [0.4, 0.5) is 0 Å². The molecule has 0 saturated carbocycles. The van der Waals surface area contributed by atoms with E-state index in [2.05, 4.69) is 200 Å². The quantitative estimate of drug-likeness (QED) is 0.0755. The van der Waals surface area contributed by atoms with Gasteiger partial charge in [0.05, 0.1) is 5.60 Å². The molecule has 0 spiro atoms. The molecule has 0 aromatic heterocycles. The number of ether oxygens (including phenoxy) is 1. The third-order valence-electron chi connectivity index (χ3n) is 10.7. The minimum absolute atomic E-state index is 0. The molecule has 0 fully saturated rings. The van der Waals surface area contributed by atoms with Crippen molar-refractivity contribution in [3.05, 3.63) is 145 Å². The summed E-state index contributed by atoms with van der Waals surface area (Å²) in [6, 6.07) is 38.7. The molecular weight excluding hydrogens is 879 g/mol. The summed E-state index contributed by atoms with van der Waals surface area (Å²) in [6.45, 7) is 36.2. The van der Waals surface area contributed by atoms with Crippen molar-refractivity contribution in [1.29, 1.82) is 0 Å². The molecule has 0 bridgehead atoms. The fraction of sp³-hybridized carbons (Fsp3) is 0.429. The van der Waals surface area contributed by atoms with Gasteiger partial charge in [-0.3, -0.25) is 0 Å². The van der Waals surface area contributed by atoms with Crippen molar-refractivity contribution in [3.63, 3.8) is 0 Å². The van der Waals surface area contributed by atoms with Crippen LogP contribution in [0.15, 0.2) is 103 Å². The zero-order valence-corrected chi connectivity index (χ0v) is 45.4. The molecule has 61 heavy (non-hydrogen) atoms. The number of fused-ring (bicyclic) bond motifs is 2. The van der Waals surface area contributed by atoms with E-state index in [0.29, 0.717) is 5.92 Å². The summed E-state index contributed by atoms with van der Waals surface area (Å²) in [5.74, 6) is 0.573. The van der Waals surface area contributed by atoms with Crippen molar-refractivity contribution in [3.8, 4) is 22.3 Å². The van der Waals surface area contributed by atoms with Gasteiger partial charge in [-0.25, -0.2) is 0 Å². The summed E-state index contributed by atoms with van der Waals surface area (Å²) in [7, 11) is 0. The standard InChI is InChI=1S/C30H41O.C22H25.C3H7.CH3.2ClH.Si.Zr/c1-22-21-24-13-12-15-27(23-16-18-25(19-17-23)29(2,3)4)28(24)26(22)14-10-8-9-11-20-31-30(5,6)7;1-15(2)18-13-17-7-6-8-20(21(17)14-18)16-9-11-19(12-10-16)22(3,4)5;1-3-2;;;;;/h12-13,15-19,21H,8-11,14,20H2,1-7H3;6-15H,1-5H3;1,3H2,2H3;1H3;2*1H;;/q4*-1;;;;. The zero-order valence-electron chi connectivity index (χ0n) is 40.3. The van der Waals surface area contributed by atoms with E-state index in [1.807, 2.05) is 6.92 Å². The molecule has 0 atom stereocenters. The van der Waals surface area contributed by atoms with Crippen molar-refractivity contribution in [2.45, 2.75) is 151 Å². The van der Waals surface area contributed by atoms with Gasteiger partial charge in [-0.2, -0.15) is 12.5 Å². The number of aryl methyl sites for hydroxylation is 2. The van der Waals surface area contributed by atoms with E-state index in [1.54, 1.807) is 0 Å². The van der Waals surface area contributed by atoms with Crippen LogP contribution in [0.2, 0.25) is 0 Å². The molecular formula is C56H78Cl2OSiZr-4. The van der Waals surface area contributed by atoms with Gasteiger partial charge in [0.2, 0.25) is 0 Å². The number of benzene rings is 4. The van der Waals surface area contributed by atoms with E-state index < -0.39 is 0 Å². The molecule has 5 heteroatoms. The molecule has 2 radical (unpaired) electrons. The Labute approximate surface area is 403 Å². The van der Waals surface area contributed by atoms with Gasteiger partial charge in [0.1, 0.15) is 0 Å². The first-order valence-electron chi connectivity index (χ1n) is 21.6. The summed E-state index contributed by atoms with van der Waals surface area (Å²) in [6.07, 6.45) is 7.07. The first-order valence-corrected chi connectivity index (χ1v) is 25.8. The van der Waals surface area contributed by atoms with Gasteiger partial charge < -0.3 is 19.1 Å². The van der Waals surface area contributed by atoms with Gasteiger partial charge in [-0.15, -0.1) is 99.4 Å². The van der Waals surface area contributed by atoms with Crippen LogP contribution in [0.3, 0.4) is 0 Å². The maximum atomic E-state index is 5.85. The predicted octanol–water partition coefficient (Wildman–Crippen LogP) is 17.5. The molecule has 6 aromatic rings. The van der Waals surface area contributed by atoms with Crippen LogP contribution in [0.5, 0.6) is 0 Å². The summed E-state index contributed by atoms with van der Waals surface area (Å²) in [5, 5.41) is 5.55. The average Bonchev–Trinajstić information content (AvgIpc) is 3.76. The second kappa shape index (κ2) is 27.2. The van der Waals surface area contributed by atoms with E-state index in [0.717, 1.165) is 25.9 Å². The zero-order chi connectivity index (χ0) is 43.3. The molecule has 0 aliphatic carbocycles. The summed E-state index contributed by atoms with van der Waals surface area (Å²) >= 11 is 1.36. The molecule has 6 rings (SSSR count). The third-order valence-corrected chi connectivity index (χ3v) is 10.7. The molecule has 1 nitrogen and oxygen atoms in total. The van der Waals surface area contributed by atoms with Crippen molar-refractivity contribution in [1.82, 2.24) is 0 Å². The molecule has 0 N–H and O–H groups in total. The Kier molecular flexibility index (Phi) is 26.1. The fourth-order valence-electron chi connectivity index (χ4n) is 7.39. The normalized spacial score (nSPS) is 11.2. The summed E-state index contributed by atoms with van der Waals surface area (Å²) in [5.41, 5.74) is 12.9. The topological polar surface area (TPSA) is 9.23 Å². The first-order chi connectivity index (χ1) is 27.3. The SMILES string of the molecule is CC(C)c1cc2c(-c3ccc(C(C)(C)C)cc3)cccc2[cH-]1.Cc1[cH-]c2cccc(-c3ccc(C(C)(C)C)cc3)c2c1CCCCCCOC(C)(C)C.Cl.Cl.[CH2-]CC.[CH3-].[Si]=[Zr]. The van der Waals surface area contributed by atoms with E-state index in [4.69, 9.17) is 4.74 Å². The Morgan fingerprint density at radius 2 is 1.11 bits per heavy atom. The third kappa shape index (κ3) is 17.7. The predicted molar refractivity (Wildman–Crippen MR) is 276 cm³/mol. The van der Waals surface area contributed by atoms with Crippen LogP contribution in [-0.4, -0.2) is 19.1 Å². The fourth-order valence-corrected chi connectivity index (χ4v) is 7.39. The average molecular weight is 957 g/mol. The molecule has 0 amide bonds. The van der Waals surface area contributed by atoms with Crippen LogP contribution >= 0.6 is 24.8 Å². The van der Waals surface area contributed by atoms with E-state index >= 15 is 0 Å². The van der Waals surface area contributed by atoms with Gasteiger partial charge in [-0.1, -0.05) is 167 Å². The van der Waals surface area contributed by atoms with Gasteiger partial charge in [0, 0.05) is 6.61 Å². The van der Waals surface area contributed by atoms with Crippen LogP contribution in [0.1, 0.15) is 149 Å². The minimum atomic E-state index is -0.0210. The Hall–Kier alpha value is -2.26. The summed E-state index contributed by atoms with van der Waals surface area (Å²) in [4.78, 5) is 0. The number of hydrogen-bond donors (Lipinski definition) is 0. The summed E-state index contributed by atoms with van der Waals surface area (Å²) < 4.78 is 5.85. The van der Waals surface area contributed by atoms with Gasteiger partial charge in [-0.05, 0) is 66.2 Å². The maximum absolute atomic E-state index is 5.85. The van der Waals surface area contributed by atoms with E-state index in [9.17, 15) is 0 Å². The Balaban J connectivity index is 0.00000106.